The molecule has 0 radical (unpaired) electrons. The zero-order chi connectivity index (χ0) is 39.4. The number of nitrogen functional groups attached to an aromatic ring is 1. The lowest BCUT2D eigenvalue weighted by molar-refractivity contribution is -0.142. The number of fused-ring (bicyclic) bond motifs is 5. The number of nitrogens with zero attached hydrogens (tertiary/aromatic N) is 6. The molecule has 4 aromatic heterocycles. The summed E-state index contributed by atoms with van der Waals surface area (Å²) in [5.74, 6) is -3.37. The van der Waals surface area contributed by atoms with Crippen LogP contribution in [0.3, 0.4) is 0 Å². The standard InChI is InChI=1S/C33H27F7N10O3S2/c1-49-26-16(4-3-5-17(26)29(47-49)48-55(2,52)53)18-11-22-30(44-31(45-41)54-22)43-25(18)21(8-13-6-14(34)9-15(35)7-13)42-23(51)12-50-28-24(27(46-50)33(38,39)40)19-10-20(19)32(28,36)37/h3-7,9,11,19-21H,8,10,12,41H2,1-2H3,(H,42,51)(H,47,48)(H,43,44,45)/t19-,20+,21?/m0/s1. The van der Waals surface area contributed by atoms with E-state index in [1.54, 1.807) is 31.3 Å². The summed E-state index contributed by atoms with van der Waals surface area (Å²) in [5, 5.41) is 11.0. The van der Waals surface area contributed by atoms with Crippen LogP contribution < -0.4 is 21.3 Å². The van der Waals surface area contributed by atoms with E-state index in [0.717, 1.165) is 29.7 Å². The molecule has 2 aromatic carbocycles. The summed E-state index contributed by atoms with van der Waals surface area (Å²) >= 11 is 1.11. The van der Waals surface area contributed by atoms with Gasteiger partial charge in [0.1, 0.15) is 23.9 Å². The second-order valence-electron chi connectivity index (χ2n) is 13.4. The first-order valence-corrected chi connectivity index (χ1v) is 19.1. The van der Waals surface area contributed by atoms with E-state index < -0.39 is 81.0 Å². The van der Waals surface area contributed by atoms with Gasteiger partial charge >= 0.3 is 6.18 Å². The molecule has 0 bridgehead atoms. The summed E-state index contributed by atoms with van der Waals surface area (Å²) < 4.78 is 131. The van der Waals surface area contributed by atoms with Crippen molar-refractivity contribution < 1.29 is 43.9 Å². The molecule has 288 valence electrons. The van der Waals surface area contributed by atoms with Crippen molar-refractivity contribution in [3.05, 3.63) is 82.3 Å². The van der Waals surface area contributed by atoms with Crippen molar-refractivity contribution in [1.29, 1.82) is 0 Å². The van der Waals surface area contributed by atoms with Gasteiger partial charge in [-0.2, -0.15) is 37.1 Å². The number of nitrogens with two attached hydrogens (primary N) is 1. The highest BCUT2D eigenvalue weighted by Crippen LogP contribution is 2.68. The molecule has 1 fully saturated rings. The zero-order valence-electron chi connectivity index (χ0n) is 28.3. The van der Waals surface area contributed by atoms with Crippen molar-refractivity contribution in [1.82, 2.24) is 34.8 Å². The van der Waals surface area contributed by atoms with Crippen molar-refractivity contribution in [3.8, 4) is 11.1 Å². The number of nitrogens with one attached hydrogen (secondary N) is 3. The first-order chi connectivity index (χ1) is 25.8. The highest BCUT2D eigenvalue weighted by atomic mass is 32.2. The average Bonchev–Trinajstić information content (AvgIpc) is 3.36. The topological polar surface area (TPSA) is 175 Å². The quantitative estimate of drug-likeness (QED) is 0.0769. The molecule has 0 saturated heterocycles. The molecule has 5 N–H and O–H groups in total. The number of aromatic nitrogens is 6. The molecule has 4 heterocycles. The van der Waals surface area contributed by atoms with Crippen molar-refractivity contribution >= 4 is 59.5 Å². The number of aryl methyl sites for hydroxylation is 1. The van der Waals surface area contributed by atoms with Crippen LogP contribution >= 0.6 is 11.3 Å². The Bertz CT molecular complexity index is 2650. The van der Waals surface area contributed by atoms with Crippen LogP contribution in [0.15, 0.2) is 42.5 Å². The van der Waals surface area contributed by atoms with E-state index in [1.807, 2.05) is 0 Å². The fourth-order valence-corrected chi connectivity index (χ4v) is 8.64. The van der Waals surface area contributed by atoms with Crippen LogP contribution in [-0.2, 0) is 46.9 Å². The Morgan fingerprint density at radius 2 is 1.82 bits per heavy atom. The van der Waals surface area contributed by atoms with Gasteiger partial charge in [0.2, 0.25) is 15.9 Å². The maximum Gasteiger partial charge on any atom is 0.435 e. The SMILES string of the molecule is Cn1nc(NS(C)(=O)=O)c2cccc(-c3cc4sc(NN)nc4nc3C(Cc3cc(F)cc(F)c3)NC(=O)Cn3nc(C(F)(F)F)c4c3C(F)(F)[C@@H]3C[C@H]43)c21. The number of rotatable bonds is 10. The van der Waals surface area contributed by atoms with E-state index in [1.165, 1.54) is 4.68 Å². The number of hydrogen-bond acceptors (Lipinski definition) is 10. The van der Waals surface area contributed by atoms with Crippen molar-refractivity contribution in [2.45, 2.75) is 43.4 Å². The van der Waals surface area contributed by atoms with Crippen LogP contribution in [0, 0.1) is 17.6 Å². The summed E-state index contributed by atoms with van der Waals surface area (Å²) in [7, 11) is -2.22. The molecule has 0 spiro atoms. The number of alkyl halides is 5. The molecule has 0 aliphatic heterocycles. The Morgan fingerprint density at radius 1 is 1.09 bits per heavy atom. The Hall–Kier alpha value is -5.35. The third-order valence-electron chi connectivity index (χ3n) is 9.49. The second-order valence-corrected chi connectivity index (χ2v) is 16.2. The third-order valence-corrected chi connectivity index (χ3v) is 11.0. The van der Waals surface area contributed by atoms with Gasteiger partial charge in [-0.15, -0.1) is 0 Å². The molecule has 55 heavy (non-hydrogen) atoms. The van der Waals surface area contributed by atoms with E-state index in [9.17, 15) is 35.2 Å². The minimum atomic E-state index is -5.06. The number of amides is 1. The first kappa shape index (κ1) is 36.6. The lowest BCUT2D eigenvalue weighted by Gasteiger charge is -2.23. The smallest absolute Gasteiger partial charge is 0.346 e. The summed E-state index contributed by atoms with van der Waals surface area (Å²) in [6.07, 6.45) is -4.61. The molecule has 8 rings (SSSR count). The van der Waals surface area contributed by atoms with E-state index >= 15 is 8.78 Å². The van der Waals surface area contributed by atoms with Crippen LogP contribution in [0.4, 0.5) is 41.7 Å². The van der Waals surface area contributed by atoms with Gasteiger partial charge in [0.05, 0.1) is 28.2 Å². The van der Waals surface area contributed by atoms with E-state index in [0.29, 0.717) is 37.5 Å². The number of halogens is 7. The number of pyridine rings is 1. The second kappa shape index (κ2) is 12.6. The number of hydrogen-bond donors (Lipinski definition) is 4. The fourth-order valence-electron chi connectivity index (χ4n) is 7.38. The third kappa shape index (κ3) is 6.50. The number of anilines is 2. The number of carbonyl (C=O) groups is 1. The Balaban J connectivity index is 1.28. The summed E-state index contributed by atoms with van der Waals surface area (Å²) in [6.45, 7) is -1.06. The number of benzene rings is 2. The fraction of sp³-hybridized carbons (Fsp3) is 0.303. The number of hydrazine groups is 1. The highest BCUT2D eigenvalue weighted by molar-refractivity contribution is 7.92. The van der Waals surface area contributed by atoms with Gasteiger partial charge in [-0.1, -0.05) is 23.5 Å². The summed E-state index contributed by atoms with van der Waals surface area (Å²) in [4.78, 5) is 22.9. The van der Waals surface area contributed by atoms with Gasteiger partial charge in [0.15, 0.2) is 22.3 Å². The molecule has 6 aromatic rings. The van der Waals surface area contributed by atoms with Crippen LogP contribution in [0.5, 0.6) is 0 Å². The monoisotopic (exact) mass is 808 g/mol. The van der Waals surface area contributed by atoms with Gasteiger partial charge < -0.3 is 5.32 Å². The number of sulfonamides is 1. The lowest BCUT2D eigenvalue weighted by atomic mass is 9.94. The van der Waals surface area contributed by atoms with Crippen LogP contribution in [0.2, 0.25) is 0 Å². The summed E-state index contributed by atoms with van der Waals surface area (Å²) in [6, 6.07) is 7.84. The van der Waals surface area contributed by atoms with Crippen molar-refractivity contribution in [3.63, 3.8) is 0 Å². The van der Waals surface area contributed by atoms with Crippen LogP contribution in [-0.4, -0.2) is 50.1 Å². The van der Waals surface area contributed by atoms with Gasteiger partial charge in [-0.3, -0.25) is 24.3 Å². The first-order valence-electron chi connectivity index (χ1n) is 16.3. The maximum atomic E-state index is 15.3. The number of thiazole rings is 1. The van der Waals surface area contributed by atoms with Crippen LogP contribution in [0.1, 0.15) is 46.6 Å². The van der Waals surface area contributed by atoms with Gasteiger partial charge in [0.25, 0.3) is 5.92 Å². The predicted octanol–water partition coefficient (Wildman–Crippen LogP) is 5.70. The van der Waals surface area contributed by atoms with Crippen molar-refractivity contribution in [2.24, 2.45) is 18.8 Å². The van der Waals surface area contributed by atoms with E-state index in [4.69, 9.17) is 10.8 Å². The molecule has 2 aliphatic rings. The molecular formula is C33H27F7N10O3S2. The highest BCUT2D eigenvalue weighted by Gasteiger charge is 2.68. The Kier molecular flexibility index (Phi) is 8.39. The van der Waals surface area contributed by atoms with Gasteiger partial charge in [-0.05, 0) is 48.6 Å². The number of para-hydroxylation sites is 1. The minimum Gasteiger partial charge on any atom is -0.346 e. The molecule has 22 heteroatoms. The molecule has 1 saturated carbocycles. The molecule has 3 atom stereocenters. The Labute approximate surface area is 309 Å². The van der Waals surface area contributed by atoms with E-state index in [-0.39, 0.29) is 40.7 Å². The van der Waals surface area contributed by atoms with Gasteiger partial charge in [0, 0.05) is 41.1 Å². The average molecular weight is 809 g/mol. The molecule has 13 nitrogen and oxygen atoms in total. The maximum absolute atomic E-state index is 15.3. The largest absolute Gasteiger partial charge is 0.435 e. The molecule has 1 amide bonds. The summed E-state index contributed by atoms with van der Waals surface area (Å²) in [5.41, 5.74) is 0.626. The van der Waals surface area contributed by atoms with Crippen molar-refractivity contribution in [2.75, 3.05) is 16.4 Å². The zero-order valence-corrected chi connectivity index (χ0v) is 30.0. The molecule has 1 unspecified atom stereocenters. The lowest BCUT2D eigenvalue weighted by Crippen LogP contribution is -2.35. The van der Waals surface area contributed by atoms with E-state index in [2.05, 4.69) is 30.6 Å². The van der Waals surface area contributed by atoms with Crippen LogP contribution in [0.25, 0.3) is 32.4 Å². The molecule has 2 aliphatic carbocycles. The van der Waals surface area contributed by atoms with Gasteiger partial charge in [-0.25, -0.2) is 28.0 Å². The Morgan fingerprint density at radius 3 is 2.49 bits per heavy atom. The molecular weight excluding hydrogens is 782 g/mol. The number of carbonyl (C=O) groups excluding carboxylic acids is 1. The predicted molar refractivity (Wildman–Crippen MR) is 186 cm³/mol. The minimum absolute atomic E-state index is 0.00403. The normalized spacial score (nSPS) is 18.0.